The number of allylic oxidation sites excluding steroid dienone is 7. The van der Waals surface area contributed by atoms with Gasteiger partial charge in [-0.1, -0.05) is 66.8 Å². The van der Waals surface area contributed by atoms with Crippen LogP contribution in [-0.2, 0) is 6.42 Å². The quantitative estimate of drug-likeness (QED) is 0.236. The van der Waals surface area contributed by atoms with Crippen LogP contribution in [0.15, 0.2) is 102 Å². The zero-order chi connectivity index (χ0) is 23.2. The summed E-state index contributed by atoms with van der Waals surface area (Å²) in [4.78, 5) is 0. The molecule has 0 aromatic heterocycles. The zero-order valence-corrected chi connectivity index (χ0v) is 19.7. The number of fused-ring (bicyclic) bond motifs is 2. The summed E-state index contributed by atoms with van der Waals surface area (Å²) in [5.41, 5.74) is 8.44. The molecule has 4 rings (SSSR count). The van der Waals surface area contributed by atoms with Crippen LogP contribution in [0.25, 0.3) is 16.8 Å². The van der Waals surface area contributed by atoms with Gasteiger partial charge in [0.15, 0.2) is 0 Å². The lowest BCUT2D eigenvalue weighted by atomic mass is 9.87. The number of aryl methyl sites for hydroxylation is 1. The molecule has 0 amide bonds. The highest BCUT2D eigenvalue weighted by Gasteiger charge is 2.19. The van der Waals surface area contributed by atoms with E-state index < -0.39 is 0 Å². The second kappa shape index (κ2) is 10.2. The van der Waals surface area contributed by atoms with Gasteiger partial charge in [-0.15, -0.1) is 0 Å². The Bertz CT molecular complexity index is 1340. The summed E-state index contributed by atoms with van der Waals surface area (Å²) in [6.07, 6.45) is 16.1. The number of hydrogen-bond donors (Lipinski definition) is 1. The minimum atomic E-state index is 0.967. The topological polar surface area (TPSA) is 26.9 Å². The lowest BCUT2D eigenvalue weighted by Crippen LogP contribution is -2.14. The van der Waals surface area contributed by atoms with Crippen molar-refractivity contribution in [2.75, 3.05) is 7.05 Å². The SMILES string of the molecule is C/C=C\C=C/C(c1ccc2c(c1)CCC(/C(C=N)=C/C)=C2)=[N+](C)c1cccc2ccccc12. The summed E-state index contributed by atoms with van der Waals surface area (Å²) in [6, 6.07) is 21.8. The van der Waals surface area contributed by atoms with Crippen molar-refractivity contribution in [3.8, 4) is 0 Å². The lowest BCUT2D eigenvalue weighted by molar-refractivity contribution is -0.401. The largest absolute Gasteiger partial charge is 0.308 e. The predicted molar refractivity (Wildman–Crippen MR) is 143 cm³/mol. The predicted octanol–water partition coefficient (Wildman–Crippen LogP) is 7.66. The van der Waals surface area contributed by atoms with E-state index in [9.17, 15) is 0 Å². The van der Waals surface area contributed by atoms with Crippen LogP contribution < -0.4 is 0 Å². The van der Waals surface area contributed by atoms with Gasteiger partial charge in [-0.2, -0.15) is 4.58 Å². The summed E-state index contributed by atoms with van der Waals surface area (Å²) in [7, 11) is 2.15. The Labute approximate surface area is 197 Å². The van der Waals surface area contributed by atoms with Gasteiger partial charge in [-0.3, -0.25) is 0 Å². The van der Waals surface area contributed by atoms with E-state index in [2.05, 4.69) is 96.6 Å². The molecule has 1 aliphatic carbocycles. The van der Waals surface area contributed by atoms with E-state index >= 15 is 0 Å². The highest BCUT2D eigenvalue weighted by atomic mass is 15.0. The highest BCUT2D eigenvalue weighted by molar-refractivity contribution is 6.07. The minimum Gasteiger partial charge on any atom is -0.308 e. The number of benzene rings is 3. The smallest absolute Gasteiger partial charge is 0.213 e. The normalized spacial score (nSPS) is 15.0. The molecule has 164 valence electrons. The van der Waals surface area contributed by atoms with E-state index in [0.29, 0.717) is 0 Å². The monoisotopic (exact) mass is 431 g/mol. The molecule has 3 aromatic rings. The summed E-state index contributed by atoms with van der Waals surface area (Å²) in [5.74, 6) is 0. The maximum Gasteiger partial charge on any atom is 0.213 e. The standard InChI is InChI=1S/C31H31N2/c1-4-6-7-14-30(33(3)31-15-10-12-24-11-8-9-13-29(24)31)28-19-18-26-20-25(23(5-2)22-32)16-17-27(26)21-28/h4-15,18-22,32H,16-17H2,1-3H3/q+1/b6-4-,14-7-,23-5+,32-22?,33-30?. The van der Waals surface area contributed by atoms with Crippen LogP contribution in [-0.4, -0.2) is 23.5 Å². The van der Waals surface area contributed by atoms with Gasteiger partial charge < -0.3 is 5.41 Å². The van der Waals surface area contributed by atoms with Crippen molar-refractivity contribution in [3.63, 3.8) is 0 Å². The molecular weight excluding hydrogens is 400 g/mol. The van der Waals surface area contributed by atoms with Gasteiger partial charge in [-0.25, -0.2) is 0 Å². The van der Waals surface area contributed by atoms with Crippen molar-refractivity contribution < 1.29 is 4.58 Å². The minimum absolute atomic E-state index is 0.967. The van der Waals surface area contributed by atoms with Crippen LogP contribution in [0.1, 0.15) is 37.0 Å². The van der Waals surface area contributed by atoms with Gasteiger partial charge in [0.25, 0.3) is 0 Å². The molecular formula is C31H31N2+. The molecule has 0 saturated heterocycles. The molecule has 0 saturated carbocycles. The van der Waals surface area contributed by atoms with E-state index in [1.165, 1.54) is 44.9 Å². The van der Waals surface area contributed by atoms with Crippen molar-refractivity contribution in [2.24, 2.45) is 0 Å². The van der Waals surface area contributed by atoms with Crippen molar-refractivity contribution in [2.45, 2.75) is 26.7 Å². The summed E-state index contributed by atoms with van der Waals surface area (Å²) >= 11 is 0. The van der Waals surface area contributed by atoms with Crippen molar-refractivity contribution >= 4 is 34.5 Å². The van der Waals surface area contributed by atoms with Gasteiger partial charge in [0.1, 0.15) is 7.05 Å². The van der Waals surface area contributed by atoms with Gasteiger partial charge in [0, 0.05) is 23.9 Å². The molecule has 0 fully saturated rings. The Morgan fingerprint density at radius 2 is 1.76 bits per heavy atom. The maximum atomic E-state index is 7.68. The fourth-order valence-corrected chi connectivity index (χ4v) is 4.53. The summed E-state index contributed by atoms with van der Waals surface area (Å²) < 4.78 is 2.29. The zero-order valence-electron chi connectivity index (χ0n) is 19.7. The third kappa shape index (κ3) is 4.70. The molecule has 1 aliphatic rings. The Kier molecular flexibility index (Phi) is 6.95. The van der Waals surface area contributed by atoms with Crippen LogP contribution in [0.2, 0.25) is 0 Å². The second-order valence-electron chi connectivity index (χ2n) is 8.30. The molecule has 0 bridgehead atoms. The fraction of sp³-hybridized carbons (Fsp3) is 0.161. The molecule has 0 spiro atoms. The van der Waals surface area contributed by atoms with Crippen molar-refractivity contribution in [1.29, 1.82) is 5.41 Å². The third-order valence-corrected chi connectivity index (χ3v) is 6.32. The molecule has 2 heteroatoms. The molecule has 3 aromatic carbocycles. The number of nitrogens with one attached hydrogen (secondary N) is 1. The van der Waals surface area contributed by atoms with Crippen LogP contribution in [0.5, 0.6) is 0 Å². The van der Waals surface area contributed by atoms with Crippen LogP contribution in [0.4, 0.5) is 5.69 Å². The van der Waals surface area contributed by atoms with Gasteiger partial charge in [0.05, 0.1) is 5.39 Å². The number of hydrogen-bond acceptors (Lipinski definition) is 1. The molecule has 2 nitrogen and oxygen atoms in total. The van der Waals surface area contributed by atoms with Crippen molar-refractivity contribution in [3.05, 3.63) is 119 Å². The van der Waals surface area contributed by atoms with Gasteiger partial charge in [0.2, 0.25) is 11.4 Å². The van der Waals surface area contributed by atoms with Crippen LogP contribution >= 0.6 is 0 Å². The molecule has 0 radical (unpaired) electrons. The van der Waals surface area contributed by atoms with Gasteiger partial charge >= 0.3 is 0 Å². The molecule has 0 heterocycles. The molecule has 0 aliphatic heterocycles. The number of nitrogens with zero attached hydrogens (tertiary/aromatic N) is 1. The van der Waals surface area contributed by atoms with Crippen molar-refractivity contribution in [1.82, 2.24) is 0 Å². The maximum absolute atomic E-state index is 7.68. The first-order valence-electron chi connectivity index (χ1n) is 11.5. The third-order valence-electron chi connectivity index (χ3n) is 6.32. The summed E-state index contributed by atoms with van der Waals surface area (Å²) in [5, 5.41) is 10.2. The Morgan fingerprint density at radius 3 is 2.55 bits per heavy atom. The van der Waals surface area contributed by atoms with E-state index in [1.807, 2.05) is 26.0 Å². The Balaban J connectivity index is 1.85. The first-order chi connectivity index (χ1) is 16.2. The van der Waals surface area contributed by atoms with E-state index in [0.717, 1.165) is 24.1 Å². The second-order valence-corrected chi connectivity index (χ2v) is 8.30. The first-order valence-corrected chi connectivity index (χ1v) is 11.5. The summed E-state index contributed by atoms with van der Waals surface area (Å²) in [6.45, 7) is 4.04. The van der Waals surface area contributed by atoms with Gasteiger partial charge in [-0.05, 0) is 72.5 Å². The van der Waals surface area contributed by atoms with E-state index in [4.69, 9.17) is 5.41 Å². The lowest BCUT2D eigenvalue weighted by Gasteiger charge is -2.18. The molecule has 0 atom stereocenters. The molecule has 0 unspecified atom stereocenters. The van der Waals surface area contributed by atoms with Crippen LogP contribution in [0.3, 0.4) is 0 Å². The highest BCUT2D eigenvalue weighted by Crippen LogP contribution is 2.30. The Morgan fingerprint density at radius 1 is 0.939 bits per heavy atom. The van der Waals surface area contributed by atoms with E-state index in [-0.39, 0.29) is 0 Å². The molecule has 33 heavy (non-hydrogen) atoms. The first kappa shape index (κ1) is 22.4. The molecule has 1 N–H and O–H groups in total. The average molecular weight is 432 g/mol. The average Bonchev–Trinajstić information content (AvgIpc) is 2.86. The fourth-order valence-electron chi connectivity index (χ4n) is 4.53. The van der Waals surface area contributed by atoms with E-state index in [1.54, 1.807) is 0 Å². The Hall–Kier alpha value is -3.78. The number of rotatable bonds is 6. The van der Waals surface area contributed by atoms with Crippen LogP contribution in [0, 0.1) is 5.41 Å².